The standard InChI is InChI=1S/C16H17BrClNO2/c1-2-7-20-14-4-3-12(9-17)16(8-14)21-11-13-5-6-19-10-15(13)18/h3-6,8,10H,2,7,9,11H2,1H3. The molecule has 1 aromatic heterocycles. The summed E-state index contributed by atoms with van der Waals surface area (Å²) in [7, 11) is 0. The van der Waals surface area contributed by atoms with Crippen LogP contribution < -0.4 is 9.47 Å². The fourth-order valence-corrected chi connectivity index (χ4v) is 2.40. The summed E-state index contributed by atoms with van der Waals surface area (Å²) in [5.74, 6) is 1.62. The molecule has 3 nitrogen and oxygen atoms in total. The lowest BCUT2D eigenvalue weighted by molar-refractivity contribution is 0.293. The normalized spacial score (nSPS) is 10.4. The Kier molecular flexibility index (Phi) is 6.33. The summed E-state index contributed by atoms with van der Waals surface area (Å²) in [6.07, 6.45) is 4.30. The van der Waals surface area contributed by atoms with E-state index < -0.39 is 0 Å². The SMILES string of the molecule is CCCOc1ccc(CBr)c(OCc2ccncc2Cl)c1. The molecule has 0 N–H and O–H groups in total. The van der Waals surface area contributed by atoms with E-state index in [1.807, 2.05) is 24.3 Å². The molecule has 1 aromatic carbocycles. The van der Waals surface area contributed by atoms with Gasteiger partial charge >= 0.3 is 0 Å². The first-order chi connectivity index (χ1) is 10.2. The van der Waals surface area contributed by atoms with Crippen molar-refractivity contribution in [2.75, 3.05) is 6.61 Å². The van der Waals surface area contributed by atoms with Crippen LogP contribution in [0.2, 0.25) is 5.02 Å². The average Bonchev–Trinajstić information content (AvgIpc) is 2.52. The summed E-state index contributed by atoms with van der Waals surface area (Å²) in [6, 6.07) is 7.73. The minimum absolute atomic E-state index is 0.401. The Bertz CT molecular complexity index is 592. The monoisotopic (exact) mass is 369 g/mol. The summed E-state index contributed by atoms with van der Waals surface area (Å²) in [5.41, 5.74) is 1.98. The molecule has 0 saturated heterocycles. The van der Waals surface area contributed by atoms with Crippen molar-refractivity contribution in [1.29, 1.82) is 0 Å². The number of rotatable bonds is 7. The minimum Gasteiger partial charge on any atom is -0.493 e. The van der Waals surface area contributed by atoms with Gasteiger partial charge in [0.15, 0.2) is 0 Å². The van der Waals surface area contributed by atoms with Gasteiger partial charge in [-0.1, -0.05) is 40.5 Å². The summed E-state index contributed by atoms with van der Waals surface area (Å²) in [5, 5.41) is 1.33. The minimum atomic E-state index is 0.401. The van der Waals surface area contributed by atoms with Gasteiger partial charge in [0, 0.05) is 34.9 Å². The fourth-order valence-electron chi connectivity index (χ4n) is 1.77. The predicted molar refractivity (Wildman–Crippen MR) is 88.4 cm³/mol. The van der Waals surface area contributed by atoms with Crippen LogP contribution >= 0.6 is 27.5 Å². The molecule has 0 atom stereocenters. The van der Waals surface area contributed by atoms with Crippen LogP contribution in [0.1, 0.15) is 24.5 Å². The van der Waals surface area contributed by atoms with Crippen LogP contribution in [-0.4, -0.2) is 11.6 Å². The Labute approximate surface area is 138 Å². The smallest absolute Gasteiger partial charge is 0.127 e. The lowest BCUT2D eigenvalue weighted by Gasteiger charge is -2.13. The molecule has 0 aliphatic carbocycles. The number of ether oxygens (including phenoxy) is 2. The van der Waals surface area contributed by atoms with Crippen LogP contribution in [-0.2, 0) is 11.9 Å². The number of alkyl halides is 1. The van der Waals surface area contributed by atoms with Crippen LogP contribution in [0.15, 0.2) is 36.7 Å². The Hall–Kier alpha value is -1.26. The number of pyridine rings is 1. The van der Waals surface area contributed by atoms with Crippen molar-refractivity contribution in [2.45, 2.75) is 25.3 Å². The van der Waals surface area contributed by atoms with Gasteiger partial charge in [-0.3, -0.25) is 4.98 Å². The zero-order valence-electron chi connectivity index (χ0n) is 11.8. The summed E-state index contributed by atoms with van der Waals surface area (Å²) >= 11 is 9.56. The topological polar surface area (TPSA) is 31.4 Å². The molecule has 2 rings (SSSR count). The quantitative estimate of drug-likeness (QED) is 0.643. The number of halogens is 2. The van der Waals surface area contributed by atoms with Gasteiger partial charge in [0.2, 0.25) is 0 Å². The van der Waals surface area contributed by atoms with E-state index in [9.17, 15) is 0 Å². The fraction of sp³-hybridized carbons (Fsp3) is 0.312. The number of aromatic nitrogens is 1. The summed E-state index contributed by atoms with van der Waals surface area (Å²) < 4.78 is 11.5. The molecular weight excluding hydrogens is 354 g/mol. The third kappa shape index (κ3) is 4.61. The lowest BCUT2D eigenvalue weighted by atomic mass is 10.2. The molecule has 0 bridgehead atoms. The molecule has 1 heterocycles. The predicted octanol–water partition coefficient (Wildman–Crippen LogP) is 5.00. The third-order valence-corrected chi connectivity index (χ3v) is 3.84. The maximum Gasteiger partial charge on any atom is 0.127 e. The van der Waals surface area contributed by atoms with E-state index in [-0.39, 0.29) is 0 Å². The second kappa shape index (κ2) is 8.25. The summed E-state index contributed by atoms with van der Waals surface area (Å²) in [4.78, 5) is 3.97. The highest BCUT2D eigenvalue weighted by molar-refractivity contribution is 9.08. The van der Waals surface area contributed by atoms with Crippen molar-refractivity contribution in [2.24, 2.45) is 0 Å². The van der Waals surface area contributed by atoms with Crippen LogP contribution in [0.4, 0.5) is 0 Å². The van der Waals surface area contributed by atoms with Crippen LogP contribution in [0.3, 0.4) is 0 Å². The van der Waals surface area contributed by atoms with E-state index in [1.54, 1.807) is 12.4 Å². The molecule has 0 amide bonds. The van der Waals surface area contributed by atoms with E-state index in [0.29, 0.717) is 18.2 Å². The average molecular weight is 371 g/mol. The van der Waals surface area contributed by atoms with Gasteiger partial charge in [0.25, 0.3) is 0 Å². The van der Waals surface area contributed by atoms with Crippen molar-refractivity contribution >= 4 is 27.5 Å². The molecule has 5 heteroatoms. The van der Waals surface area contributed by atoms with Gasteiger partial charge in [-0.15, -0.1) is 0 Å². The van der Waals surface area contributed by atoms with Crippen molar-refractivity contribution in [3.63, 3.8) is 0 Å². The van der Waals surface area contributed by atoms with Gasteiger partial charge in [0.05, 0.1) is 11.6 Å². The van der Waals surface area contributed by atoms with Crippen molar-refractivity contribution in [3.05, 3.63) is 52.8 Å². The summed E-state index contributed by atoms with van der Waals surface area (Å²) in [6.45, 7) is 3.18. The molecule has 0 unspecified atom stereocenters. The highest BCUT2D eigenvalue weighted by atomic mass is 79.9. The van der Waals surface area contributed by atoms with Crippen LogP contribution in [0.5, 0.6) is 11.5 Å². The molecule has 0 aliphatic heterocycles. The highest BCUT2D eigenvalue weighted by Gasteiger charge is 2.07. The van der Waals surface area contributed by atoms with Crippen molar-refractivity contribution < 1.29 is 9.47 Å². The second-order valence-electron chi connectivity index (χ2n) is 4.51. The molecule has 2 aromatic rings. The number of hydrogen-bond acceptors (Lipinski definition) is 3. The lowest BCUT2D eigenvalue weighted by Crippen LogP contribution is -2.01. The van der Waals surface area contributed by atoms with E-state index >= 15 is 0 Å². The van der Waals surface area contributed by atoms with Gasteiger partial charge < -0.3 is 9.47 Å². The largest absolute Gasteiger partial charge is 0.493 e. The molecule has 21 heavy (non-hydrogen) atoms. The van der Waals surface area contributed by atoms with E-state index in [0.717, 1.165) is 34.4 Å². The number of nitrogens with zero attached hydrogens (tertiary/aromatic N) is 1. The Morgan fingerprint density at radius 3 is 2.76 bits per heavy atom. The zero-order chi connectivity index (χ0) is 15.1. The number of benzene rings is 1. The van der Waals surface area contributed by atoms with E-state index in [1.165, 1.54) is 0 Å². The van der Waals surface area contributed by atoms with Gasteiger partial charge in [0.1, 0.15) is 18.1 Å². The van der Waals surface area contributed by atoms with Gasteiger partial charge in [-0.25, -0.2) is 0 Å². The van der Waals surface area contributed by atoms with E-state index in [4.69, 9.17) is 21.1 Å². The third-order valence-electron chi connectivity index (χ3n) is 2.90. The highest BCUT2D eigenvalue weighted by Crippen LogP contribution is 2.28. The Balaban J connectivity index is 2.12. The van der Waals surface area contributed by atoms with Crippen molar-refractivity contribution in [1.82, 2.24) is 4.98 Å². The zero-order valence-corrected chi connectivity index (χ0v) is 14.2. The molecular formula is C16H17BrClNO2. The number of hydrogen-bond donors (Lipinski definition) is 0. The van der Waals surface area contributed by atoms with E-state index in [2.05, 4.69) is 27.8 Å². The first-order valence-electron chi connectivity index (χ1n) is 6.77. The molecule has 112 valence electrons. The molecule has 0 radical (unpaired) electrons. The maximum absolute atomic E-state index is 6.09. The van der Waals surface area contributed by atoms with Gasteiger partial charge in [-0.2, -0.15) is 0 Å². The molecule has 0 saturated carbocycles. The Morgan fingerprint density at radius 2 is 2.05 bits per heavy atom. The Morgan fingerprint density at radius 1 is 1.19 bits per heavy atom. The second-order valence-corrected chi connectivity index (χ2v) is 5.48. The molecule has 0 spiro atoms. The van der Waals surface area contributed by atoms with Crippen molar-refractivity contribution in [3.8, 4) is 11.5 Å². The van der Waals surface area contributed by atoms with Crippen LogP contribution in [0.25, 0.3) is 0 Å². The molecule has 0 fully saturated rings. The van der Waals surface area contributed by atoms with Gasteiger partial charge in [-0.05, 0) is 18.6 Å². The first-order valence-corrected chi connectivity index (χ1v) is 8.27. The first kappa shape index (κ1) is 16.1. The maximum atomic E-state index is 6.09. The van der Waals surface area contributed by atoms with Crippen LogP contribution in [0, 0.1) is 0 Å². The molecule has 0 aliphatic rings.